The standard InChI is InChI=1S/C13H19NO6S/c1-14(2)9-7(11(15)18-3)6-21-10(13(17)20-5)8(9)12(16)19-4/h7,9H,6H2,1-5H3. The van der Waals surface area contributed by atoms with Crippen molar-refractivity contribution in [3.8, 4) is 0 Å². The van der Waals surface area contributed by atoms with Crippen LogP contribution in [0, 0.1) is 5.92 Å². The third kappa shape index (κ3) is 3.56. The summed E-state index contributed by atoms with van der Waals surface area (Å²) in [7, 11) is 7.19. The maximum absolute atomic E-state index is 12.1. The van der Waals surface area contributed by atoms with E-state index < -0.39 is 29.9 Å². The summed E-state index contributed by atoms with van der Waals surface area (Å²) in [5.74, 6) is -1.96. The van der Waals surface area contributed by atoms with Crippen LogP contribution in [-0.4, -0.2) is 70.0 Å². The summed E-state index contributed by atoms with van der Waals surface area (Å²) in [6.07, 6.45) is 0. The van der Waals surface area contributed by atoms with Crippen LogP contribution in [0.25, 0.3) is 0 Å². The Morgan fingerprint density at radius 3 is 2.05 bits per heavy atom. The fourth-order valence-electron chi connectivity index (χ4n) is 2.23. The van der Waals surface area contributed by atoms with E-state index >= 15 is 0 Å². The zero-order valence-electron chi connectivity index (χ0n) is 12.7. The molecule has 0 spiro atoms. The van der Waals surface area contributed by atoms with Gasteiger partial charge in [-0.1, -0.05) is 0 Å². The van der Waals surface area contributed by atoms with E-state index in [2.05, 4.69) is 0 Å². The van der Waals surface area contributed by atoms with Crippen LogP contribution in [0.1, 0.15) is 0 Å². The number of carbonyl (C=O) groups is 3. The number of likely N-dealkylation sites (N-methyl/N-ethyl adjacent to an activating group) is 1. The fraction of sp³-hybridized carbons (Fsp3) is 0.615. The van der Waals surface area contributed by atoms with Crippen molar-refractivity contribution in [3.05, 3.63) is 10.5 Å². The lowest BCUT2D eigenvalue weighted by atomic mass is 9.92. The minimum atomic E-state index is -0.657. The number of ether oxygens (including phenoxy) is 3. The Morgan fingerprint density at radius 1 is 1.05 bits per heavy atom. The molecule has 7 nitrogen and oxygen atoms in total. The molecular formula is C13H19NO6S. The van der Waals surface area contributed by atoms with Crippen molar-refractivity contribution >= 4 is 29.7 Å². The summed E-state index contributed by atoms with van der Waals surface area (Å²) in [6, 6.07) is -0.611. The number of methoxy groups -OCH3 is 3. The Morgan fingerprint density at radius 2 is 1.62 bits per heavy atom. The van der Waals surface area contributed by atoms with Gasteiger partial charge in [0.1, 0.15) is 4.91 Å². The molecule has 0 saturated heterocycles. The molecule has 0 saturated carbocycles. The van der Waals surface area contributed by atoms with Crippen molar-refractivity contribution in [3.63, 3.8) is 0 Å². The lowest BCUT2D eigenvalue weighted by Crippen LogP contribution is -2.47. The lowest BCUT2D eigenvalue weighted by Gasteiger charge is -2.35. The number of rotatable bonds is 4. The summed E-state index contributed by atoms with van der Waals surface area (Å²) in [5.41, 5.74) is 0.126. The summed E-state index contributed by atoms with van der Waals surface area (Å²) in [4.78, 5) is 37.7. The molecule has 1 rings (SSSR count). The van der Waals surface area contributed by atoms with Crippen molar-refractivity contribution in [2.45, 2.75) is 6.04 Å². The Balaban J connectivity index is 3.40. The number of hydrogen-bond acceptors (Lipinski definition) is 8. The van der Waals surface area contributed by atoms with Crippen LogP contribution < -0.4 is 0 Å². The topological polar surface area (TPSA) is 82.1 Å². The Labute approximate surface area is 127 Å². The van der Waals surface area contributed by atoms with Crippen LogP contribution in [0.5, 0.6) is 0 Å². The van der Waals surface area contributed by atoms with Crippen molar-refractivity contribution < 1.29 is 28.6 Å². The molecule has 8 heteroatoms. The Kier molecular flexibility index (Phi) is 6.22. The van der Waals surface area contributed by atoms with Crippen molar-refractivity contribution in [1.29, 1.82) is 0 Å². The van der Waals surface area contributed by atoms with Crippen LogP contribution in [0.4, 0.5) is 0 Å². The van der Waals surface area contributed by atoms with E-state index in [0.29, 0.717) is 5.75 Å². The molecule has 0 N–H and O–H groups in total. The zero-order chi connectivity index (χ0) is 16.2. The predicted octanol–water partition coefficient (Wildman–Crippen LogP) is 0.0527. The number of hydrogen-bond donors (Lipinski definition) is 0. The highest BCUT2D eigenvalue weighted by Gasteiger charge is 2.44. The molecule has 118 valence electrons. The van der Waals surface area contributed by atoms with Gasteiger partial charge in [0.15, 0.2) is 0 Å². The van der Waals surface area contributed by atoms with Gasteiger partial charge in [-0.25, -0.2) is 9.59 Å². The second-order valence-electron chi connectivity index (χ2n) is 4.58. The van der Waals surface area contributed by atoms with Crippen LogP contribution >= 0.6 is 11.8 Å². The van der Waals surface area contributed by atoms with Gasteiger partial charge in [0.2, 0.25) is 0 Å². The highest BCUT2D eigenvalue weighted by Crippen LogP contribution is 2.37. The summed E-state index contributed by atoms with van der Waals surface area (Å²) in [5, 5.41) is 0. The molecular weight excluding hydrogens is 298 g/mol. The second-order valence-corrected chi connectivity index (χ2v) is 5.61. The molecule has 1 heterocycles. The molecule has 0 radical (unpaired) electrons. The molecule has 0 fully saturated rings. The summed E-state index contributed by atoms with van der Waals surface area (Å²) in [6.45, 7) is 0. The first-order chi connectivity index (χ1) is 9.88. The van der Waals surface area contributed by atoms with Gasteiger partial charge in [-0.05, 0) is 14.1 Å². The highest BCUT2D eigenvalue weighted by molar-refractivity contribution is 8.04. The van der Waals surface area contributed by atoms with Crippen LogP contribution in [0.3, 0.4) is 0 Å². The molecule has 0 aliphatic carbocycles. The smallest absolute Gasteiger partial charge is 0.344 e. The molecule has 1 aliphatic rings. The van der Waals surface area contributed by atoms with Gasteiger partial charge in [-0.15, -0.1) is 11.8 Å². The van der Waals surface area contributed by atoms with Crippen molar-refractivity contribution in [1.82, 2.24) is 4.90 Å². The van der Waals surface area contributed by atoms with Gasteiger partial charge in [0.05, 0.1) is 38.9 Å². The first-order valence-electron chi connectivity index (χ1n) is 6.16. The first-order valence-corrected chi connectivity index (χ1v) is 7.15. The van der Waals surface area contributed by atoms with E-state index in [1.54, 1.807) is 19.0 Å². The van der Waals surface area contributed by atoms with Crippen LogP contribution in [0.15, 0.2) is 10.5 Å². The van der Waals surface area contributed by atoms with E-state index in [-0.39, 0.29) is 10.5 Å². The van der Waals surface area contributed by atoms with Crippen LogP contribution in [-0.2, 0) is 28.6 Å². The minimum Gasteiger partial charge on any atom is -0.469 e. The molecule has 0 aromatic rings. The summed E-state index contributed by atoms with van der Waals surface area (Å²) < 4.78 is 14.2. The lowest BCUT2D eigenvalue weighted by molar-refractivity contribution is -0.147. The molecule has 0 aromatic heterocycles. The molecule has 2 atom stereocenters. The van der Waals surface area contributed by atoms with E-state index in [4.69, 9.17) is 14.2 Å². The molecule has 21 heavy (non-hydrogen) atoms. The number of esters is 3. The summed E-state index contributed by atoms with van der Waals surface area (Å²) >= 11 is 1.10. The van der Waals surface area contributed by atoms with Crippen molar-refractivity contribution in [2.75, 3.05) is 41.2 Å². The van der Waals surface area contributed by atoms with Crippen LogP contribution in [0.2, 0.25) is 0 Å². The fourth-order valence-corrected chi connectivity index (χ4v) is 3.45. The SMILES string of the molecule is COC(=O)C1=C(C(=O)OC)C(N(C)C)C(C(=O)OC)CS1. The third-order valence-corrected chi connectivity index (χ3v) is 4.37. The normalized spacial score (nSPS) is 22.0. The van der Waals surface area contributed by atoms with Gasteiger partial charge in [0, 0.05) is 5.75 Å². The van der Waals surface area contributed by atoms with Gasteiger partial charge in [-0.3, -0.25) is 4.79 Å². The Bertz CT molecular complexity index is 473. The Hall–Kier alpha value is -1.54. The quantitative estimate of drug-likeness (QED) is 0.531. The molecule has 0 amide bonds. The zero-order valence-corrected chi connectivity index (χ0v) is 13.5. The van der Waals surface area contributed by atoms with Gasteiger partial charge >= 0.3 is 17.9 Å². The molecule has 0 bridgehead atoms. The second kappa shape index (κ2) is 7.46. The first kappa shape index (κ1) is 17.5. The van der Waals surface area contributed by atoms with E-state index in [1.165, 1.54) is 21.3 Å². The predicted molar refractivity (Wildman–Crippen MR) is 76.5 cm³/mol. The maximum Gasteiger partial charge on any atom is 0.344 e. The third-order valence-electron chi connectivity index (χ3n) is 3.17. The van der Waals surface area contributed by atoms with Gasteiger partial charge in [0.25, 0.3) is 0 Å². The molecule has 0 aromatic carbocycles. The van der Waals surface area contributed by atoms with E-state index in [9.17, 15) is 14.4 Å². The van der Waals surface area contributed by atoms with Crippen molar-refractivity contribution in [2.24, 2.45) is 5.92 Å². The highest BCUT2D eigenvalue weighted by atomic mass is 32.2. The molecule has 2 unspecified atom stereocenters. The average Bonchev–Trinajstić information content (AvgIpc) is 2.50. The minimum absolute atomic E-state index is 0.126. The number of nitrogens with zero attached hydrogens (tertiary/aromatic N) is 1. The van der Waals surface area contributed by atoms with E-state index in [0.717, 1.165) is 11.8 Å². The maximum atomic E-state index is 12.1. The molecule has 1 aliphatic heterocycles. The average molecular weight is 317 g/mol. The monoisotopic (exact) mass is 317 g/mol. The number of thioether (sulfide) groups is 1. The van der Waals surface area contributed by atoms with Gasteiger partial charge < -0.3 is 19.1 Å². The largest absolute Gasteiger partial charge is 0.469 e. The number of carbonyl (C=O) groups excluding carboxylic acids is 3. The van der Waals surface area contributed by atoms with E-state index in [1.807, 2.05) is 0 Å². The van der Waals surface area contributed by atoms with Gasteiger partial charge in [-0.2, -0.15) is 0 Å².